The highest BCUT2D eigenvalue weighted by molar-refractivity contribution is 6.02. The summed E-state index contributed by atoms with van der Waals surface area (Å²) in [6.45, 7) is 4.93. The first-order chi connectivity index (χ1) is 11.8. The number of hydrogen-bond acceptors (Lipinski definition) is 5. The van der Waals surface area contributed by atoms with Gasteiger partial charge in [0.2, 0.25) is 5.78 Å². The number of nitrogens with two attached hydrogens (primary N) is 1. The van der Waals surface area contributed by atoms with Gasteiger partial charge in [-0.1, -0.05) is 0 Å². The number of benzene rings is 1. The standard InChI is InChI=1S/C19H19N3O3/c1-12-4-5-13(2)22(12)16-8-6-15(7-9-16)19(24)25-11-18(23)17(10-20)14(3)21/h4-9H,11,21H2,1-3H3/b17-14+. The zero-order chi connectivity index (χ0) is 18.6. The van der Waals surface area contributed by atoms with Crippen LogP contribution in [0.3, 0.4) is 0 Å². The van der Waals surface area contributed by atoms with Crippen molar-refractivity contribution in [3.05, 3.63) is 64.6 Å². The molecule has 0 aliphatic carbocycles. The number of rotatable bonds is 5. The largest absolute Gasteiger partial charge is 0.454 e. The molecule has 0 atom stereocenters. The first-order valence-electron chi connectivity index (χ1n) is 7.67. The Hall–Kier alpha value is -3.33. The van der Waals surface area contributed by atoms with E-state index in [1.54, 1.807) is 18.2 Å². The Morgan fingerprint density at radius 1 is 1.12 bits per heavy atom. The minimum atomic E-state index is -0.632. The number of esters is 1. The Morgan fingerprint density at radius 2 is 1.68 bits per heavy atom. The predicted octanol–water partition coefficient (Wildman–Crippen LogP) is 2.58. The number of hydrogen-bond donors (Lipinski definition) is 1. The van der Waals surface area contributed by atoms with Crippen molar-refractivity contribution in [2.45, 2.75) is 20.8 Å². The van der Waals surface area contributed by atoms with Gasteiger partial charge in [-0.3, -0.25) is 4.79 Å². The zero-order valence-electron chi connectivity index (χ0n) is 14.4. The fourth-order valence-corrected chi connectivity index (χ4v) is 2.48. The molecule has 0 fully saturated rings. The molecule has 0 amide bonds. The molecule has 1 aromatic heterocycles. The fourth-order valence-electron chi connectivity index (χ4n) is 2.48. The maximum absolute atomic E-state index is 12.1. The van der Waals surface area contributed by atoms with E-state index in [4.69, 9.17) is 15.7 Å². The molecule has 128 valence electrons. The van der Waals surface area contributed by atoms with Crippen molar-refractivity contribution in [3.63, 3.8) is 0 Å². The normalized spacial score (nSPS) is 11.4. The molecule has 0 radical (unpaired) electrons. The quantitative estimate of drug-likeness (QED) is 0.514. The van der Waals surface area contributed by atoms with Gasteiger partial charge in [0, 0.05) is 22.8 Å². The van der Waals surface area contributed by atoms with Crippen molar-refractivity contribution in [2.24, 2.45) is 5.73 Å². The van der Waals surface area contributed by atoms with Gasteiger partial charge in [-0.15, -0.1) is 0 Å². The summed E-state index contributed by atoms with van der Waals surface area (Å²) < 4.78 is 7.03. The maximum Gasteiger partial charge on any atom is 0.338 e. The van der Waals surface area contributed by atoms with Crippen LogP contribution in [0.4, 0.5) is 0 Å². The number of ether oxygens (including phenoxy) is 1. The van der Waals surface area contributed by atoms with Gasteiger partial charge in [0.15, 0.2) is 6.61 Å². The third-order valence-electron chi connectivity index (χ3n) is 3.75. The van der Waals surface area contributed by atoms with E-state index in [0.717, 1.165) is 17.1 Å². The van der Waals surface area contributed by atoms with Crippen LogP contribution in [0.25, 0.3) is 5.69 Å². The second-order valence-corrected chi connectivity index (χ2v) is 5.67. The second kappa shape index (κ2) is 7.49. The number of carbonyl (C=O) groups is 2. The van der Waals surface area contributed by atoms with Crippen LogP contribution in [-0.2, 0) is 9.53 Å². The summed E-state index contributed by atoms with van der Waals surface area (Å²) in [5.41, 5.74) is 8.79. The summed E-state index contributed by atoms with van der Waals surface area (Å²) in [6.07, 6.45) is 0. The highest BCUT2D eigenvalue weighted by atomic mass is 16.5. The molecule has 0 saturated carbocycles. The van der Waals surface area contributed by atoms with Crippen molar-refractivity contribution in [2.75, 3.05) is 6.61 Å². The summed E-state index contributed by atoms with van der Waals surface area (Å²) in [6, 6.07) is 12.6. The monoisotopic (exact) mass is 337 g/mol. The summed E-state index contributed by atoms with van der Waals surface area (Å²) in [4.78, 5) is 23.8. The van der Waals surface area contributed by atoms with Crippen molar-refractivity contribution in [3.8, 4) is 11.8 Å². The van der Waals surface area contributed by atoms with Gasteiger partial charge in [-0.2, -0.15) is 5.26 Å². The maximum atomic E-state index is 12.1. The van der Waals surface area contributed by atoms with Gasteiger partial charge >= 0.3 is 5.97 Å². The summed E-state index contributed by atoms with van der Waals surface area (Å²) in [5.74, 6) is -1.25. The van der Waals surface area contributed by atoms with Crippen LogP contribution in [0.1, 0.15) is 28.7 Å². The van der Waals surface area contributed by atoms with Gasteiger partial charge in [0.1, 0.15) is 11.6 Å². The van der Waals surface area contributed by atoms with Gasteiger partial charge in [-0.25, -0.2) is 4.79 Å². The molecule has 2 rings (SSSR count). The number of allylic oxidation sites excluding steroid dienone is 1. The Balaban J connectivity index is 2.08. The molecular formula is C19H19N3O3. The lowest BCUT2D eigenvalue weighted by atomic mass is 10.1. The van der Waals surface area contributed by atoms with E-state index < -0.39 is 18.4 Å². The van der Waals surface area contributed by atoms with E-state index in [1.807, 2.05) is 38.1 Å². The van der Waals surface area contributed by atoms with E-state index in [0.29, 0.717) is 5.56 Å². The minimum absolute atomic E-state index is 0.102. The molecule has 0 unspecified atom stereocenters. The van der Waals surface area contributed by atoms with Crippen LogP contribution < -0.4 is 5.73 Å². The average molecular weight is 337 g/mol. The molecule has 2 N–H and O–H groups in total. The van der Waals surface area contributed by atoms with Gasteiger partial charge in [0.25, 0.3) is 0 Å². The van der Waals surface area contributed by atoms with Crippen LogP contribution in [0, 0.1) is 25.2 Å². The number of nitriles is 1. The van der Waals surface area contributed by atoms with Gasteiger partial charge in [-0.05, 0) is 57.2 Å². The molecule has 6 nitrogen and oxygen atoms in total. The lowest BCUT2D eigenvalue weighted by molar-refractivity contribution is -0.118. The molecule has 2 aromatic rings. The first-order valence-corrected chi connectivity index (χ1v) is 7.67. The smallest absolute Gasteiger partial charge is 0.338 e. The lowest BCUT2D eigenvalue weighted by Gasteiger charge is -2.10. The van der Waals surface area contributed by atoms with Crippen molar-refractivity contribution in [1.82, 2.24) is 4.57 Å². The summed E-state index contributed by atoms with van der Waals surface area (Å²) in [7, 11) is 0. The third-order valence-corrected chi connectivity index (χ3v) is 3.75. The molecule has 0 bridgehead atoms. The van der Waals surface area contributed by atoms with Crippen LogP contribution in [0.15, 0.2) is 47.7 Å². The Morgan fingerprint density at radius 3 is 2.16 bits per heavy atom. The second-order valence-electron chi connectivity index (χ2n) is 5.67. The number of ketones is 1. The number of carbonyl (C=O) groups excluding carboxylic acids is 2. The highest BCUT2D eigenvalue weighted by Crippen LogP contribution is 2.17. The molecule has 1 aromatic carbocycles. The summed E-state index contributed by atoms with van der Waals surface area (Å²) in [5, 5.41) is 8.86. The first kappa shape index (κ1) is 18.0. The van der Waals surface area contributed by atoms with Crippen molar-refractivity contribution >= 4 is 11.8 Å². The Kier molecular flexibility index (Phi) is 5.40. The van der Waals surface area contributed by atoms with E-state index in [9.17, 15) is 9.59 Å². The molecule has 6 heteroatoms. The number of nitrogens with zero attached hydrogens (tertiary/aromatic N) is 2. The van der Waals surface area contributed by atoms with Gasteiger partial charge in [0.05, 0.1) is 5.56 Å². The molecule has 1 heterocycles. The molecular weight excluding hydrogens is 318 g/mol. The van der Waals surface area contributed by atoms with Crippen molar-refractivity contribution in [1.29, 1.82) is 5.26 Å². The van der Waals surface area contributed by atoms with E-state index in [-0.39, 0.29) is 11.3 Å². The summed E-state index contributed by atoms with van der Waals surface area (Å²) >= 11 is 0. The Bertz CT molecular complexity index is 860. The van der Waals surface area contributed by atoms with E-state index in [1.165, 1.54) is 6.92 Å². The number of Topliss-reactive ketones (excluding diaryl/α,β-unsaturated/α-hetero) is 1. The van der Waals surface area contributed by atoms with Gasteiger partial charge < -0.3 is 15.0 Å². The van der Waals surface area contributed by atoms with Crippen molar-refractivity contribution < 1.29 is 14.3 Å². The molecule has 0 saturated heterocycles. The Labute approximate surface area is 146 Å². The van der Waals surface area contributed by atoms with E-state index >= 15 is 0 Å². The molecule has 0 aliphatic rings. The van der Waals surface area contributed by atoms with Crippen LogP contribution in [0.5, 0.6) is 0 Å². The van der Waals surface area contributed by atoms with E-state index in [2.05, 4.69) is 4.57 Å². The topological polar surface area (TPSA) is 98.1 Å². The van der Waals surface area contributed by atoms with Crippen LogP contribution >= 0.6 is 0 Å². The zero-order valence-corrected chi connectivity index (χ0v) is 14.4. The third kappa shape index (κ3) is 3.96. The SMILES string of the molecule is C/C(N)=C(/C#N)C(=O)COC(=O)c1ccc(-n2c(C)ccc2C)cc1. The number of aryl methyl sites for hydroxylation is 2. The van der Waals surface area contributed by atoms with Crippen LogP contribution in [-0.4, -0.2) is 22.9 Å². The minimum Gasteiger partial charge on any atom is -0.454 e. The molecule has 25 heavy (non-hydrogen) atoms. The molecule has 0 spiro atoms. The average Bonchev–Trinajstić information content (AvgIpc) is 2.92. The highest BCUT2D eigenvalue weighted by Gasteiger charge is 2.15. The lowest BCUT2D eigenvalue weighted by Crippen LogP contribution is -2.17. The predicted molar refractivity (Wildman–Crippen MR) is 93.0 cm³/mol. The molecule has 0 aliphatic heterocycles. The fraction of sp³-hybridized carbons (Fsp3) is 0.211. The van der Waals surface area contributed by atoms with Crippen LogP contribution in [0.2, 0.25) is 0 Å². The number of aromatic nitrogens is 1.